The van der Waals surface area contributed by atoms with Gasteiger partial charge >= 0.3 is 0 Å². The number of nitrogens with two attached hydrogens (primary N) is 1. The average molecular weight is 586 g/mol. The molecular formula is C40H35N5. The summed E-state index contributed by atoms with van der Waals surface area (Å²) in [5, 5.41) is 21.8. The Kier molecular flexibility index (Phi) is 6.33. The highest BCUT2D eigenvalue weighted by Crippen LogP contribution is 2.53. The molecule has 45 heavy (non-hydrogen) atoms. The second-order valence-electron chi connectivity index (χ2n) is 13.1. The minimum Gasteiger partial charge on any atom is -0.399 e. The van der Waals surface area contributed by atoms with Crippen LogP contribution < -0.4 is 5.73 Å². The predicted octanol–water partition coefficient (Wildman–Crippen LogP) is 8.16. The normalized spacial score (nSPS) is 27.2. The Balaban J connectivity index is 1.28. The first-order valence-corrected chi connectivity index (χ1v) is 16.0. The van der Waals surface area contributed by atoms with Gasteiger partial charge in [-0.05, 0) is 72.4 Å². The molecule has 220 valence electrons. The molecule has 0 amide bonds. The SMILES string of the molecule is CC1CC(C#N)=CC2C3=C(C(C)C(c4ccccc4-n4c5ccccc5c5cc(C#N)ccc54)C=C3)N(C3C=C(N)C=CC3)C12. The molecule has 4 aliphatic rings. The number of hydrogen-bond donors (Lipinski definition) is 1. The van der Waals surface area contributed by atoms with E-state index in [1.165, 1.54) is 16.8 Å². The molecule has 3 aromatic carbocycles. The maximum Gasteiger partial charge on any atom is 0.0991 e. The fourth-order valence-corrected chi connectivity index (χ4v) is 8.66. The molecule has 1 aromatic heterocycles. The van der Waals surface area contributed by atoms with Gasteiger partial charge in [0.25, 0.3) is 0 Å². The zero-order valence-corrected chi connectivity index (χ0v) is 25.6. The van der Waals surface area contributed by atoms with Crippen LogP contribution in [-0.4, -0.2) is 21.6 Å². The van der Waals surface area contributed by atoms with Crippen LogP contribution in [0, 0.1) is 40.4 Å². The first kappa shape index (κ1) is 27.3. The maximum atomic E-state index is 9.90. The molecule has 5 nitrogen and oxygen atoms in total. The molecule has 2 heterocycles. The molecule has 8 rings (SSSR count). The first-order chi connectivity index (χ1) is 22.0. The van der Waals surface area contributed by atoms with E-state index < -0.39 is 0 Å². The van der Waals surface area contributed by atoms with Gasteiger partial charge in [0.05, 0.1) is 34.8 Å². The van der Waals surface area contributed by atoms with E-state index >= 15 is 0 Å². The minimum absolute atomic E-state index is 0.146. The number of rotatable bonds is 3. The lowest BCUT2D eigenvalue weighted by Gasteiger charge is -2.44. The van der Waals surface area contributed by atoms with E-state index in [1.54, 1.807) is 0 Å². The van der Waals surface area contributed by atoms with Gasteiger partial charge in [0.1, 0.15) is 0 Å². The van der Waals surface area contributed by atoms with Crippen molar-refractivity contribution in [3.63, 3.8) is 0 Å². The maximum absolute atomic E-state index is 9.90. The van der Waals surface area contributed by atoms with Crippen molar-refractivity contribution in [2.75, 3.05) is 0 Å². The second-order valence-corrected chi connectivity index (χ2v) is 13.1. The number of fused-ring (bicyclic) bond motifs is 5. The Morgan fingerprint density at radius 1 is 0.844 bits per heavy atom. The Morgan fingerprint density at radius 3 is 2.47 bits per heavy atom. The standard InChI is InChI=1S/C40H35N5/c1-24-18-27(23-42)20-35-33-16-15-30(25(2)40(33)44(39(24)35)29-9-7-8-28(43)21-29)31-10-3-5-12-36(31)45-37-13-6-4-11-32(37)34-19-26(22-41)14-17-38(34)45/h3-8,10-17,19-21,24-25,29-30,35,39H,9,18,43H2,1-2H3. The number of nitrogens with zero attached hydrogens (tertiary/aromatic N) is 4. The Labute approximate surface area is 264 Å². The molecule has 0 saturated carbocycles. The van der Waals surface area contributed by atoms with Gasteiger partial charge in [-0.1, -0.05) is 74.5 Å². The highest BCUT2D eigenvalue weighted by molar-refractivity contribution is 6.09. The van der Waals surface area contributed by atoms with Crippen LogP contribution in [0.2, 0.25) is 0 Å². The smallest absolute Gasteiger partial charge is 0.0991 e. The highest BCUT2D eigenvalue weighted by atomic mass is 15.2. The number of aromatic nitrogens is 1. The molecule has 2 N–H and O–H groups in total. The monoisotopic (exact) mass is 585 g/mol. The zero-order valence-electron chi connectivity index (χ0n) is 25.6. The molecule has 3 aliphatic carbocycles. The van der Waals surface area contributed by atoms with Crippen molar-refractivity contribution in [2.24, 2.45) is 23.5 Å². The van der Waals surface area contributed by atoms with Gasteiger partial charge < -0.3 is 15.2 Å². The van der Waals surface area contributed by atoms with E-state index in [0.717, 1.165) is 51.6 Å². The zero-order chi connectivity index (χ0) is 30.8. The quantitative estimate of drug-likeness (QED) is 0.263. The van der Waals surface area contributed by atoms with Crippen LogP contribution in [0.3, 0.4) is 0 Å². The van der Waals surface area contributed by atoms with Crippen molar-refractivity contribution in [3.05, 3.63) is 137 Å². The predicted molar refractivity (Wildman–Crippen MR) is 180 cm³/mol. The molecule has 5 heteroatoms. The van der Waals surface area contributed by atoms with Crippen molar-refractivity contribution in [2.45, 2.75) is 44.7 Å². The third kappa shape index (κ3) is 4.11. The van der Waals surface area contributed by atoms with Crippen LogP contribution in [0.15, 0.2) is 126 Å². The van der Waals surface area contributed by atoms with Gasteiger partial charge in [-0.3, -0.25) is 0 Å². The molecule has 0 bridgehead atoms. The van der Waals surface area contributed by atoms with Crippen LogP contribution in [0.4, 0.5) is 0 Å². The van der Waals surface area contributed by atoms with Gasteiger partial charge in [0, 0.05) is 57.2 Å². The Hall–Kier alpha value is -5.26. The molecule has 4 aromatic rings. The summed E-state index contributed by atoms with van der Waals surface area (Å²) >= 11 is 0. The van der Waals surface area contributed by atoms with Gasteiger partial charge in [0.15, 0.2) is 0 Å². The minimum atomic E-state index is 0.146. The summed E-state index contributed by atoms with van der Waals surface area (Å²) in [6, 6.07) is 28.6. The molecule has 6 atom stereocenters. The lowest BCUT2D eigenvalue weighted by Crippen LogP contribution is -2.47. The average Bonchev–Trinajstić information content (AvgIpc) is 3.58. The molecule has 1 aliphatic heterocycles. The van der Waals surface area contributed by atoms with E-state index in [9.17, 15) is 10.5 Å². The van der Waals surface area contributed by atoms with E-state index in [0.29, 0.717) is 17.5 Å². The third-order valence-corrected chi connectivity index (χ3v) is 10.5. The second kappa shape index (κ2) is 10.4. The summed E-state index contributed by atoms with van der Waals surface area (Å²) in [5.41, 5.74) is 16.2. The van der Waals surface area contributed by atoms with Gasteiger partial charge in [-0.2, -0.15) is 10.5 Å². The number of benzene rings is 3. The van der Waals surface area contributed by atoms with Gasteiger partial charge in [0.2, 0.25) is 0 Å². The number of para-hydroxylation sites is 2. The fraction of sp³-hybridized carbons (Fsp3) is 0.250. The van der Waals surface area contributed by atoms with Crippen molar-refractivity contribution in [1.29, 1.82) is 10.5 Å². The number of nitriles is 2. The summed E-state index contributed by atoms with van der Waals surface area (Å²) in [6.45, 7) is 4.68. The molecule has 0 saturated heterocycles. The van der Waals surface area contributed by atoms with Crippen LogP contribution in [-0.2, 0) is 0 Å². The number of hydrogen-bond acceptors (Lipinski definition) is 4. The highest BCUT2D eigenvalue weighted by Gasteiger charge is 2.49. The lowest BCUT2D eigenvalue weighted by atomic mass is 9.74. The van der Waals surface area contributed by atoms with Crippen LogP contribution in [0.1, 0.15) is 43.7 Å². The summed E-state index contributed by atoms with van der Waals surface area (Å²) in [7, 11) is 0. The number of allylic oxidation sites excluding steroid dienone is 5. The molecule has 0 radical (unpaired) electrons. The van der Waals surface area contributed by atoms with Gasteiger partial charge in [-0.25, -0.2) is 0 Å². The first-order valence-electron chi connectivity index (χ1n) is 16.0. The summed E-state index contributed by atoms with van der Waals surface area (Å²) < 4.78 is 2.37. The van der Waals surface area contributed by atoms with Crippen LogP contribution >= 0.6 is 0 Å². The Morgan fingerprint density at radius 2 is 1.64 bits per heavy atom. The fourth-order valence-electron chi connectivity index (χ4n) is 8.66. The Bertz CT molecular complexity index is 2120. The van der Waals surface area contributed by atoms with Crippen LogP contribution in [0.5, 0.6) is 0 Å². The van der Waals surface area contributed by atoms with E-state index in [4.69, 9.17) is 5.73 Å². The van der Waals surface area contributed by atoms with Crippen molar-refractivity contribution < 1.29 is 0 Å². The van der Waals surface area contributed by atoms with Crippen LogP contribution in [0.25, 0.3) is 27.5 Å². The summed E-state index contributed by atoms with van der Waals surface area (Å²) in [5.74, 6) is 0.901. The van der Waals surface area contributed by atoms with E-state index in [1.807, 2.05) is 18.2 Å². The molecular weight excluding hydrogens is 550 g/mol. The lowest BCUT2D eigenvalue weighted by molar-refractivity contribution is 0.141. The van der Waals surface area contributed by atoms with E-state index in [2.05, 4.69) is 120 Å². The van der Waals surface area contributed by atoms with Crippen molar-refractivity contribution in [3.8, 4) is 17.8 Å². The molecule has 6 unspecified atom stereocenters. The summed E-state index contributed by atoms with van der Waals surface area (Å²) in [4.78, 5) is 2.68. The summed E-state index contributed by atoms with van der Waals surface area (Å²) in [6.07, 6.45) is 15.2. The molecule has 0 fully saturated rings. The topological polar surface area (TPSA) is 81.8 Å². The third-order valence-electron chi connectivity index (χ3n) is 10.5. The van der Waals surface area contributed by atoms with Gasteiger partial charge in [-0.15, -0.1) is 0 Å². The van der Waals surface area contributed by atoms with Crippen molar-refractivity contribution in [1.82, 2.24) is 9.47 Å². The largest absolute Gasteiger partial charge is 0.399 e. The molecule has 0 spiro atoms. The van der Waals surface area contributed by atoms with Crippen molar-refractivity contribution >= 4 is 21.8 Å². The van der Waals surface area contributed by atoms with E-state index in [-0.39, 0.29) is 23.8 Å².